The van der Waals surface area contributed by atoms with Crippen LogP contribution in [0.2, 0.25) is 0 Å². The lowest BCUT2D eigenvalue weighted by molar-refractivity contribution is -0.122. The molecule has 0 bridgehead atoms. The topological polar surface area (TPSA) is 61.9 Å². The molecule has 1 aliphatic heterocycles. The van der Waals surface area contributed by atoms with Crippen molar-refractivity contribution in [3.05, 3.63) is 65.0 Å². The van der Waals surface area contributed by atoms with Gasteiger partial charge in [-0.25, -0.2) is 4.39 Å². The second-order valence-electron chi connectivity index (χ2n) is 7.85. The highest BCUT2D eigenvalue weighted by atomic mass is 19.1. The first-order chi connectivity index (χ1) is 14.9. The van der Waals surface area contributed by atoms with E-state index < -0.39 is 0 Å². The number of benzene rings is 2. The van der Waals surface area contributed by atoms with E-state index in [1.807, 2.05) is 32.0 Å². The van der Waals surface area contributed by atoms with E-state index in [-0.39, 0.29) is 17.6 Å². The van der Waals surface area contributed by atoms with Gasteiger partial charge in [-0.3, -0.25) is 14.5 Å². The fourth-order valence-electron chi connectivity index (χ4n) is 3.74. The number of carbonyl (C=O) groups is 2. The first-order valence-electron chi connectivity index (χ1n) is 10.7. The summed E-state index contributed by atoms with van der Waals surface area (Å²) in [6.45, 7) is 7.69. The van der Waals surface area contributed by atoms with Gasteiger partial charge in [-0.15, -0.1) is 0 Å². The number of aryl methyl sites for hydroxylation is 2. The third kappa shape index (κ3) is 6.52. The van der Waals surface area contributed by atoms with Crippen LogP contribution in [0.5, 0.6) is 5.75 Å². The van der Waals surface area contributed by atoms with Crippen molar-refractivity contribution in [3.63, 3.8) is 0 Å². The summed E-state index contributed by atoms with van der Waals surface area (Å²) in [6, 6.07) is 11.6. The summed E-state index contributed by atoms with van der Waals surface area (Å²) in [5, 5.41) is 2.90. The Morgan fingerprint density at radius 1 is 1.00 bits per heavy atom. The molecular formula is C24H30FN3O3. The standard InChI is InChI=1S/C24H30FN3O3/c1-18-5-3-6-19(2)23(18)31-16-11-26-22(29)17-27-12-4-13-28(15-14-27)24(30)20-7-9-21(25)10-8-20/h3,5-10H,4,11-17H2,1-2H3,(H,26,29). The number of ether oxygens (including phenoxy) is 1. The van der Waals surface area contributed by atoms with E-state index in [1.54, 1.807) is 4.90 Å². The third-order valence-electron chi connectivity index (χ3n) is 5.41. The van der Waals surface area contributed by atoms with Gasteiger partial charge in [0.2, 0.25) is 5.91 Å². The molecule has 2 aromatic carbocycles. The molecule has 2 aromatic rings. The van der Waals surface area contributed by atoms with Gasteiger partial charge in [0.15, 0.2) is 0 Å². The molecule has 0 atom stereocenters. The highest BCUT2D eigenvalue weighted by molar-refractivity contribution is 5.94. The monoisotopic (exact) mass is 427 g/mol. The molecule has 6 nitrogen and oxygen atoms in total. The lowest BCUT2D eigenvalue weighted by Gasteiger charge is -2.22. The molecule has 1 heterocycles. The quantitative estimate of drug-likeness (QED) is 0.691. The van der Waals surface area contributed by atoms with E-state index in [9.17, 15) is 14.0 Å². The molecule has 1 saturated heterocycles. The average Bonchev–Trinajstić information content (AvgIpc) is 2.98. The van der Waals surface area contributed by atoms with Gasteiger partial charge in [0.25, 0.3) is 5.91 Å². The fourth-order valence-corrected chi connectivity index (χ4v) is 3.74. The lowest BCUT2D eigenvalue weighted by Crippen LogP contribution is -2.41. The molecule has 0 aliphatic carbocycles. The van der Waals surface area contributed by atoms with E-state index in [0.717, 1.165) is 29.8 Å². The number of para-hydroxylation sites is 1. The predicted octanol–water partition coefficient (Wildman–Crippen LogP) is 2.79. The molecule has 1 N–H and O–H groups in total. The van der Waals surface area contributed by atoms with E-state index >= 15 is 0 Å². The molecule has 3 rings (SSSR count). The number of carbonyl (C=O) groups excluding carboxylic acids is 2. The van der Waals surface area contributed by atoms with Crippen molar-refractivity contribution in [2.75, 3.05) is 45.9 Å². The number of hydrogen-bond donors (Lipinski definition) is 1. The molecule has 0 unspecified atom stereocenters. The summed E-state index contributed by atoms with van der Waals surface area (Å²) in [4.78, 5) is 28.8. The average molecular weight is 428 g/mol. The van der Waals surface area contributed by atoms with Crippen LogP contribution in [-0.2, 0) is 4.79 Å². The lowest BCUT2D eigenvalue weighted by atomic mass is 10.1. The Balaban J connectivity index is 1.40. The smallest absolute Gasteiger partial charge is 0.253 e. The number of hydrogen-bond acceptors (Lipinski definition) is 4. The zero-order valence-electron chi connectivity index (χ0n) is 18.2. The summed E-state index contributed by atoms with van der Waals surface area (Å²) in [5.41, 5.74) is 2.64. The summed E-state index contributed by atoms with van der Waals surface area (Å²) in [7, 11) is 0. The number of nitrogens with zero attached hydrogens (tertiary/aromatic N) is 2. The minimum absolute atomic E-state index is 0.0524. The summed E-state index contributed by atoms with van der Waals surface area (Å²) in [5.74, 6) is 0.359. The van der Waals surface area contributed by atoms with Gasteiger partial charge < -0.3 is 15.0 Å². The highest BCUT2D eigenvalue weighted by Crippen LogP contribution is 2.21. The Bertz CT molecular complexity index is 881. The molecule has 1 fully saturated rings. The Morgan fingerprint density at radius 3 is 2.42 bits per heavy atom. The van der Waals surface area contributed by atoms with Gasteiger partial charge in [-0.2, -0.15) is 0 Å². The maximum atomic E-state index is 13.1. The van der Waals surface area contributed by atoms with Crippen LogP contribution in [0.15, 0.2) is 42.5 Å². The fraction of sp³-hybridized carbons (Fsp3) is 0.417. The molecule has 0 spiro atoms. The van der Waals surface area contributed by atoms with Gasteiger partial charge in [-0.05, 0) is 55.7 Å². The van der Waals surface area contributed by atoms with Crippen LogP contribution < -0.4 is 10.1 Å². The van der Waals surface area contributed by atoms with Crippen LogP contribution in [0.3, 0.4) is 0 Å². The van der Waals surface area contributed by atoms with E-state index in [1.165, 1.54) is 24.3 Å². The molecule has 0 aromatic heterocycles. The third-order valence-corrected chi connectivity index (χ3v) is 5.41. The second-order valence-corrected chi connectivity index (χ2v) is 7.85. The molecule has 2 amide bonds. The van der Waals surface area contributed by atoms with Crippen molar-refractivity contribution < 1.29 is 18.7 Å². The van der Waals surface area contributed by atoms with Crippen molar-refractivity contribution in [2.45, 2.75) is 20.3 Å². The number of nitrogens with one attached hydrogen (secondary N) is 1. The highest BCUT2D eigenvalue weighted by Gasteiger charge is 2.21. The van der Waals surface area contributed by atoms with Crippen LogP contribution in [-0.4, -0.2) is 67.5 Å². The van der Waals surface area contributed by atoms with Gasteiger partial charge in [0.1, 0.15) is 18.2 Å². The first kappa shape index (κ1) is 22.7. The summed E-state index contributed by atoms with van der Waals surface area (Å²) >= 11 is 0. The number of amides is 2. The molecule has 166 valence electrons. The molecule has 0 radical (unpaired) electrons. The van der Waals surface area contributed by atoms with Gasteiger partial charge >= 0.3 is 0 Å². The van der Waals surface area contributed by atoms with E-state index in [4.69, 9.17) is 4.74 Å². The van der Waals surface area contributed by atoms with Crippen LogP contribution in [0.4, 0.5) is 4.39 Å². The van der Waals surface area contributed by atoms with Crippen LogP contribution in [0.25, 0.3) is 0 Å². The summed E-state index contributed by atoms with van der Waals surface area (Å²) in [6.07, 6.45) is 0.788. The van der Waals surface area contributed by atoms with Gasteiger partial charge in [0.05, 0.1) is 13.1 Å². The van der Waals surface area contributed by atoms with E-state index in [2.05, 4.69) is 10.2 Å². The molecule has 7 heteroatoms. The van der Waals surface area contributed by atoms with Crippen LogP contribution in [0, 0.1) is 19.7 Å². The van der Waals surface area contributed by atoms with Crippen LogP contribution in [0.1, 0.15) is 27.9 Å². The molecular weight excluding hydrogens is 397 g/mol. The van der Waals surface area contributed by atoms with E-state index in [0.29, 0.717) is 44.9 Å². The van der Waals surface area contributed by atoms with Crippen molar-refractivity contribution in [2.24, 2.45) is 0 Å². The van der Waals surface area contributed by atoms with Crippen molar-refractivity contribution in [3.8, 4) is 5.75 Å². The minimum Gasteiger partial charge on any atom is -0.491 e. The predicted molar refractivity (Wildman–Crippen MR) is 118 cm³/mol. The zero-order chi connectivity index (χ0) is 22.2. The van der Waals surface area contributed by atoms with Crippen molar-refractivity contribution >= 4 is 11.8 Å². The van der Waals surface area contributed by atoms with Gasteiger partial charge in [-0.1, -0.05) is 18.2 Å². The Hall–Kier alpha value is -2.93. The number of rotatable bonds is 7. The second kappa shape index (κ2) is 10.9. The summed E-state index contributed by atoms with van der Waals surface area (Å²) < 4.78 is 18.9. The normalized spacial score (nSPS) is 14.7. The van der Waals surface area contributed by atoms with Crippen LogP contribution >= 0.6 is 0 Å². The van der Waals surface area contributed by atoms with Crippen molar-refractivity contribution in [1.29, 1.82) is 0 Å². The first-order valence-corrected chi connectivity index (χ1v) is 10.7. The maximum absolute atomic E-state index is 13.1. The minimum atomic E-state index is -0.357. The van der Waals surface area contributed by atoms with Gasteiger partial charge in [0, 0.05) is 31.7 Å². The van der Waals surface area contributed by atoms with Crippen molar-refractivity contribution in [1.82, 2.24) is 15.1 Å². The Kier molecular flexibility index (Phi) is 8.00. The molecule has 31 heavy (non-hydrogen) atoms. The number of halogens is 1. The largest absolute Gasteiger partial charge is 0.491 e. The SMILES string of the molecule is Cc1cccc(C)c1OCCNC(=O)CN1CCCN(C(=O)c2ccc(F)cc2)CC1. The molecule has 0 saturated carbocycles. The maximum Gasteiger partial charge on any atom is 0.253 e. The zero-order valence-corrected chi connectivity index (χ0v) is 18.2. The Morgan fingerprint density at radius 2 is 1.71 bits per heavy atom. The Labute approximate surface area is 183 Å². The molecule has 1 aliphatic rings.